The number of nitrogens with one attached hydrogen (secondary N) is 1. The molecule has 3 aromatic rings. The van der Waals surface area contributed by atoms with Crippen molar-refractivity contribution in [2.75, 3.05) is 19.0 Å². The number of methoxy groups -OCH3 is 1. The average Bonchev–Trinajstić information content (AvgIpc) is 3.15. The molecule has 0 fully saturated rings. The third kappa shape index (κ3) is 5.00. The van der Waals surface area contributed by atoms with Crippen molar-refractivity contribution in [3.05, 3.63) is 71.8 Å². The number of hydrogen-bond acceptors (Lipinski definition) is 4. The molecule has 0 saturated heterocycles. The SMILES string of the molecule is CCOC(=NC(=S)Nc1ccccc1C)c1ccc(-n2cnc(C)c2)c(OC)c1. The lowest BCUT2D eigenvalue weighted by molar-refractivity contribution is 0.329. The van der Waals surface area contributed by atoms with Crippen LogP contribution >= 0.6 is 12.2 Å². The van der Waals surface area contributed by atoms with Crippen molar-refractivity contribution in [2.45, 2.75) is 20.8 Å². The Morgan fingerprint density at radius 2 is 2.00 bits per heavy atom. The quantitative estimate of drug-likeness (QED) is 0.377. The van der Waals surface area contributed by atoms with Crippen molar-refractivity contribution in [3.8, 4) is 11.4 Å². The molecule has 150 valence electrons. The van der Waals surface area contributed by atoms with Gasteiger partial charge in [0.1, 0.15) is 5.75 Å². The van der Waals surface area contributed by atoms with Crippen LogP contribution in [0.1, 0.15) is 23.7 Å². The third-order valence-corrected chi connectivity index (χ3v) is 4.48. The standard InChI is InChI=1S/C22H24N4O2S/c1-5-28-21(25-22(29)24-18-9-7-6-8-15(18)2)17-10-11-19(20(12-17)27-4)26-13-16(3)23-14-26/h6-14H,5H2,1-4H3,(H,24,29). The summed E-state index contributed by atoms with van der Waals surface area (Å²) in [4.78, 5) is 8.77. The normalized spacial score (nSPS) is 11.2. The van der Waals surface area contributed by atoms with Crippen LogP contribution in [0.5, 0.6) is 5.75 Å². The fraction of sp³-hybridized carbons (Fsp3) is 0.227. The van der Waals surface area contributed by atoms with Gasteiger partial charge in [0.05, 0.1) is 31.4 Å². The lowest BCUT2D eigenvalue weighted by Gasteiger charge is -2.14. The Morgan fingerprint density at radius 3 is 2.66 bits per heavy atom. The van der Waals surface area contributed by atoms with Crippen LogP contribution in [-0.4, -0.2) is 34.3 Å². The number of aliphatic imine (C=N–C) groups is 1. The minimum Gasteiger partial charge on any atom is -0.495 e. The summed E-state index contributed by atoms with van der Waals surface area (Å²) in [5.74, 6) is 1.12. The minimum atomic E-state index is 0.330. The molecule has 0 atom stereocenters. The fourth-order valence-electron chi connectivity index (χ4n) is 2.84. The van der Waals surface area contributed by atoms with Crippen molar-refractivity contribution in [1.82, 2.24) is 9.55 Å². The Morgan fingerprint density at radius 1 is 1.21 bits per heavy atom. The molecule has 0 aliphatic heterocycles. The van der Waals surface area contributed by atoms with Crippen LogP contribution in [0, 0.1) is 13.8 Å². The molecular formula is C22H24N4O2S. The highest BCUT2D eigenvalue weighted by atomic mass is 32.1. The van der Waals surface area contributed by atoms with E-state index in [0.717, 1.165) is 28.2 Å². The van der Waals surface area contributed by atoms with Gasteiger partial charge in [-0.2, -0.15) is 4.99 Å². The van der Waals surface area contributed by atoms with Crippen LogP contribution in [0.4, 0.5) is 5.69 Å². The second kappa shape index (κ2) is 9.34. The van der Waals surface area contributed by atoms with Gasteiger partial charge in [0.2, 0.25) is 11.0 Å². The maximum absolute atomic E-state index is 5.76. The van der Waals surface area contributed by atoms with Gasteiger partial charge in [-0.1, -0.05) is 18.2 Å². The second-order valence-electron chi connectivity index (χ2n) is 6.40. The zero-order valence-corrected chi connectivity index (χ0v) is 17.8. The highest BCUT2D eigenvalue weighted by Crippen LogP contribution is 2.25. The van der Waals surface area contributed by atoms with E-state index in [1.807, 2.05) is 74.0 Å². The van der Waals surface area contributed by atoms with Crippen LogP contribution < -0.4 is 10.1 Å². The number of ether oxygens (including phenoxy) is 2. The fourth-order valence-corrected chi connectivity index (χ4v) is 3.04. The van der Waals surface area contributed by atoms with Crippen LogP contribution in [0.2, 0.25) is 0 Å². The summed E-state index contributed by atoms with van der Waals surface area (Å²) < 4.78 is 13.3. The predicted molar refractivity (Wildman–Crippen MR) is 120 cm³/mol. The van der Waals surface area contributed by atoms with E-state index in [-0.39, 0.29) is 0 Å². The minimum absolute atomic E-state index is 0.330. The lowest BCUT2D eigenvalue weighted by atomic mass is 10.1. The molecule has 0 spiro atoms. The molecule has 7 heteroatoms. The number of imidazole rings is 1. The summed E-state index contributed by atoms with van der Waals surface area (Å²) in [5, 5.41) is 3.49. The first-order valence-electron chi connectivity index (χ1n) is 9.29. The number of thiocarbonyl (C=S) groups is 1. The maximum Gasteiger partial charge on any atom is 0.223 e. The van der Waals surface area contributed by atoms with Gasteiger partial charge in [0, 0.05) is 17.4 Å². The molecule has 0 unspecified atom stereocenters. The Balaban J connectivity index is 1.91. The first-order chi connectivity index (χ1) is 14.0. The first-order valence-corrected chi connectivity index (χ1v) is 9.70. The van der Waals surface area contributed by atoms with Gasteiger partial charge in [-0.05, 0) is 62.8 Å². The number of aromatic nitrogens is 2. The Hall–Kier alpha value is -3.19. The zero-order valence-electron chi connectivity index (χ0n) is 17.0. The van der Waals surface area contributed by atoms with E-state index in [9.17, 15) is 0 Å². The highest BCUT2D eigenvalue weighted by Gasteiger charge is 2.13. The molecule has 2 aromatic carbocycles. The smallest absolute Gasteiger partial charge is 0.223 e. The summed E-state index contributed by atoms with van der Waals surface area (Å²) in [6, 6.07) is 13.7. The predicted octanol–water partition coefficient (Wildman–Crippen LogP) is 4.68. The Labute approximate surface area is 176 Å². The molecule has 1 aromatic heterocycles. The van der Waals surface area contributed by atoms with E-state index in [1.54, 1.807) is 13.4 Å². The van der Waals surface area contributed by atoms with E-state index in [1.165, 1.54) is 0 Å². The van der Waals surface area contributed by atoms with Crippen molar-refractivity contribution in [2.24, 2.45) is 4.99 Å². The second-order valence-corrected chi connectivity index (χ2v) is 6.79. The van der Waals surface area contributed by atoms with E-state index in [4.69, 9.17) is 21.7 Å². The molecule has 0 amide bonds. The van der Waals surface area contributed by atoms with E-state index in [0.29, 0.717) is 23.4 Å². The van der Waals surface area contributed by atoms with Gasteiger partial charge in [-0.15, -0.1) is 0 Å². The highest BCUT2D eigenvalue weighted by molar-refractivity contribution is 7.80. The number of nitrogens with zero attached hydrogens (tertiary/aromatic N) is 3. The van der Waals surface area contributed by atoms with Crippen LogP contribution in [0.25, 0.3) is 5.69 Å². The third-order valence-electron chi connectivity index (χ3n) is 4.29. The summed E-state index contributed by atoms with van der Waals surface area (Å²) in [6.45, 7) is 6.34. The molecule has 0 aliphatic rings. The van der Waals surface area contributed by atoms with Gasteiger partial charge in [-0.25, -0.2) is 4.98 Å². The van der Waals surface area contributed by atoms with Gasteiger partial charge < -0.3 is 19.4 Å². The van der Waals surface area contributed by atoms with Crippen molar-refractivity contribution in [3.63, 3.8) is 0 Å². The number of rotatable bonds is 5. The van der Waals surface area contributed by atoms with Gasteiger partial charge >= 0.3 is 0 Å². The van der Waals surface area contributed by atoms with Crippen LogP contribution in [-0.2, 0) is 4.74 Å². The lowest BCUT2D eigenvalue weighted by Crippen LogP contribution is -2.14. The van der Waals surface area contributed by atoms with Gasteiger partial charge in [0.15, 0.2) is 0 Å². The molecule has 3 rings (SSSR count). The molecule has 0 bridgehead atoms. The zero-order chi connectivity index (χ0) is 20.8. The average molecular weight is 409 g/mol. The largest absolute Gasteiger partial charge is 0.495 e. The van der Waals surface area contributed by atoms with E-state index in [2.05, 4.69) is 15.3 Å². The number of hydrogen-bond donors (Lipinski definition) is 1. The maximum atomic E-state index is 5.76. The number of benzene rings is 2. The van der Waals surface area contributed by atoms with E-state index < -0.39 is 0 Å². The van der Waals surface area contributed by atoms with Crippen LogP contribution in [0.3, 0.4) is 0 Å². The molecule has 0 radical (unpaired) electrons. The van der Waals surface area contributed by atoms with E-state index >= 15 is 0 Å². The molecule has 1 N–H and O–H groups in total. The summed E-state index contributed by atoms with van der Waals surface area (Å²) >= 11 is 5.43. The monoisotopic (exact) mass is 408 g/mol. The number of anilines is 1. The molecule has 6 nitrogen and oxygen atoms in total. The Kier molecular flexibility index (Phi) is 6.61. The summed E-state index contributed by atoms with van der Waals surface area (Å²) in [6.07, 6.45) is 3.70. The van der Waals surface area contributed by atoms with Crippen molar-refractivity contribution in [1.29, 1.82) is 0 Å². The first kappa shape index (κ1) is 20.5. The van der Waals surface area contributed by atoms with Gasteiger partial charge in [-0.3, -0.25) is 0 Å². The molecule has 0 aliphatic carbocycles. The van der Waals surface area contributed by atoms with Crippen LogP contribution in [0.15, 0.2) is 60.0 Å². The van der Waals surface area contributed by atoms with Crippen molar-refractivity contribution < 1.29 is 9.47 Å². The molecule has 29 heavy (non-hydrogen) atoms. The number of aryl methyl sites for hydroxylation is 2. The molecule has 1 heterocycles. The molecule has 0 saturated carbocycles. The van der Waals surface area contributed by atoms with Crippen molar-refractivity contribution >= 4 is 28.9 Å². The summed E-state index contributed by atoms with van der Waals surface area (Å²) in [5.41, 5.74) is 4.59. The van der Waals surface area contributed by atoms with Gasteiger partial charge in [0.25, 0.3) is 0 Å². The topological polar surface area (TPSA) is 60.7 Å². The molecular weight excluding hydrogens is 384 g/mol. The Bertz CT molecular complexity index is 1040. The number of para-hydroxylation sites is 1. The summed E-state index contributed by atoms with van der Waals surface area (Å²) in [7, 11) is 1.63.